The lowest BCUT2D eigenvalue weighted by molar-refractivity contribution is 1.46. The molecule has 0 heterocycles. The van der Waals surface area contributed by atoms with Crippen LogP contribution >= 0.6 is 18.8 Å². The molecule has 0 fully saturated rings. The van der Waals surface area contributed by atoms with Crippen molar-refractivity contribution in [1.29, 1.82) is 0 Å². The van der Waals surface area contributed by atoms with E-state index >= 15 is 0 Å². The van der Waals surface area contributed by atoms with Gasteiger partial charge in [0, 0.05) is 5.69 Å². The van der Waals surface area contributed by atoms with Crippen molar-refractivity contribution in [2.24, 2.45) is 0 Å². The van der Waals surface area contributed by atoms with Gasteiger partial charge in [-0.2, -0.15) is 0 Å². The van der Waals surface area contributed by atoms with Crippen LogP contribution in [-0.4, -0.2) is 0 Å². The van der Waals surface area contributed by atoms with Crippen molar-refractivity contribution in [3.63, 3.8) is 0 Å². The number of rotatable bonds is 1. The molecule has 1 aromatic rings. The number of hydrogen-bond acceptors (Lipinski definition) is 1. The Morgan fingerprint density at radius 1 is 1.10 bits per heavy atom. The number of benzene rings is 1. The Kier molecular flexibility index (Phi) is 2.65. The molecule has 0 aromatic heterocycles. The quantitative estimate of drug-likeness (QED) is 0.586. The summed E-state index contributed by atoms with van der Waals surface area (Å²) in [6, 6.07) is 8.34. The third kappa shape index (κ3) is 1.94. The lowest BCUT2D eigenvalue weighted by Gasteiger charge is -2.10. The van der Waals surface area contributed by atoms with Crippen LogP contribution in [0.1, 0.15) is 5.56 Å². The number of anilines is 1. The average molecular weight is 171 g/mol. The van der Waals surface area contributed by atoms with E-state index < -0.39 is 0 Å². The first kappa shape index (κ1) is 7.98. The zero-order chi connectivity index (χ0) is 7.56. The summed E-state index contributed by atoms with van der Waals surface area (Å²) in [5, 5.41) is 0. The molecule has 0 N–H and O–H groups in total. The van der Waals surface area contributed by atoms with Gasteiger partial charge in [-0.1, -0.05) is 17.7 Å². The molecule has 0 bridgehead atoms. The molecule has 3 heteroatoms. The molecule has 10 heavy (non-hydrogen) atoms. The predicted molar refractivity (Wildman–Crippen MR) is 53.1 cm³/mol. The van der Waals surface area contributed by atoms with E-state index in [1.165, 1.54) is 11.3 Å². The molecule has 2 atom stereocenters. The summed E-state index contributed by atoms with van der Waals surface area (Å²) in [5.74, 6) is 0. The van der Waals surface area contributed by atoms with Crippen molar-refractivity contribution >= 4 is 24.5 Å². The Hall–Kier alpha value is -0.120. The fourth-order valence-electron chi connectivity index (χ4n) is 0.717. The third-order valence-electron chi connectivity index (χ3n) is 1.33. The molecule has 0 saturated heterocycles. The highest BCUT2D eigenvalue weighted by Crippen LogP contribution is 2.21. The molecule has 0 aliphatic heterocycles. The lowest BCUT2D eigenvalue weighted by atomic mass is 10.2. The molecule has 0 aliphatic carbocycles. The minimum atomic E-state index is 1.18. The molecule has 1 nitrogen and oxygen atoms in total. The second-order valence-corrected chi connectivity index (χ2v) is 3.95. The van der Waals surface area contributed by atoms with Crippen molar-refractivity contribution in [3.8, 4) is 0 Å². The van der Waals surface area contributed by atoms with Gasteiger partial charge in [-0.15, -0.1) is 0 Å². The van der Waals surface area contributed by atoms with E-state index in [0.29, 0.717) is 0 Å². The van der Waals surface area contributed by atoms with Crippen LogP contribution in [0.25, 0.3) is 0 Å². The van der Waals surface area contributed by atoms with Gasteiger partial charge in [0.2, 0.25) is 0 Å². The molecule has 0 aliphatic rings. The molecule has 54 valence electrons. The second kappa shape index (κ2) is 3.32. The predicted octanol–water partition coefficient (Wildman–Crippen LogP) is 2.38. The van der Waals surface area contributed by atoms with Crippen LogP contribution in [0.2, 0.25) is 0 Å². The van der Waals surface area contributed by atoms with Gasteiger partial charge < -0.3 is 4.44 Å². The highest BCUT2D eigenvalue weighted by Gasteiger charge is 1.91. The van der Waals surface area contributed by atoms with Crippen molar-refractivity contribution in [1.82, 2.24) is 0 Å². The Morgan fingerprint density at radius 3 is 2.00 bits per heavy atom. The summed E-state index contributed by atoms with van der Waals surface area (Å²) >= 11 is 0. The third-order valence-corrected chi connectivity index (χ3v) is 1.93. The van der Waals surface area contributed by atoms with Crippen LogP contribution in [0.15, 0.2) is 24.3 Å². The van der Waals surface area contributed by atoms with Crippen molar-refractivity contribution in [2.45, 2.75) is 6.92 Å². The van der Waals surface area contributed by atoms with Gasteiger partial charge in [0.25, 0.3) is 0 Å². The van der Waals surface area contributed by atoms with E-state index in [1.54, 1.807) is 0 Å². The van der Waals surface area contributed by atoms with Crippen molar-refractivity contribution in [2.75, 3.05) is 4.44 Å². The standard InChI is InChI=1S/C7H11NP2/c1-6-2-4-7(5-3-6)8(9)10/h2-5H,9-10H2,1H3. The summed E-state index contributed by atoms with van der Waals surface area (Å²) in [6.45, 7) is 2.08. The first-order valence-corrected chi connectivity index (χ1v) is 4.09. The topological polar surface area (TPSA) is 3.24 Å². The Labute approximate surface area is 66.3 Å². The number of nitrogens with zero attached hydrogens (tertiary/aromatic N) is 1. The molecule has 0 spiro atoms. The Morgan fingerprint density at radius 2 is 1.60 bits per heavy atom. The fraction of sp³-hybridized carbons (Fsp3) is 0.143. The van der Waals surface area contributed by atoms with Gasteiger partial charge in [0.1, 0.15) is 0 Å². The molecular weight excluding hydrogens is 160 g/mol. The summed E-state index contributed by atoms with van der Waals surface area (Å²) in [4.78, 5) is 0. The highest BCUT2D eigenvalue weighted by atomic mass is 31.1. The molecule has 2 unspecified atom stereocenters. The van der Waals surface area contributed by atoms with Gasteiger partial charge in [-0.3, -0.25) is 0 Å². The molecule has 1 rings (SSSR count). The van der Waals surface area contributed by atoms with E-state index in [0.717, 1.165) is 0 Å². The Bertz CT molecular complexity index is 205. The van der Waals surface area contributed by atoms with E-state index in [-0.39, 0.29) is 0 Å². The first-order chi connectivity index (χ1) is 4.70. The summed E-state index contributed by atoms with van der Waals surface area (Å²) in [6.07, 6.45) is 0. The molecule has 0 saturated carbocycles. The van der Waals surface area contributed by atoms with Crippen molar-refractivity contribution in [3.05, 3.63) is 29.8 Å². The van der Waals surface area contributed by atoms with Crippen LogP contribution in [0.3, 0.4) is 0 Å². The van der Waals surface area contributed by atoms with Gasteiger partial charge in [-0.05, 0) is 37.8 Å². The smallest absolute Gasteiger partial charge is 0.0423 e. The van der Waals surface area contributed by atoms with E-state index in [9.17, 15) is 0 Å². The molecule has 1 aromatic carbocycles. The molecular formula is C7H11NP2. The fourth-order valence-corrected chi connectivity index (χ4v) is 1.06. The van der Waals surface area contributed by atoms with Crippen molar-refractivity contribution < 1.29 is 0 Å². The van der Waals surface area contributed by atoms with Crippen LogP contribution < -0.4 is 4.44 Å². The first-order valence-electron chi connectivity index (χ1n) is 3.06. The zero-order valence-electron chi connectivity index (χ0n) is 5.91. The van der Waals surface area contributed by atoms with E-state index in [4.69, 9.17) is 0 Å². The van der Waals surface area contributed by atoms with E-state index in [2.05, 4.69) is 50.0 Å². The number of aryl methyl sites for hydroxylation is 1. The normalized spacial score (nSPS) is 9.50. The highest BCUT2D eigenvalue weighted by molar-refractivity contribution is 7.39. The summed E-state index contributed by atoms with van der Waals surface area (Å²) < 4.78 is 1.93. The molecule has 0 amide bonds. The van der Waals surface area contributed by atoms with Gasteiger partial charge >= 0.3 is 0 Å². The van der Waals surface area contributed by atoms with E-state index in [1.807, 2.05) is 4.44 Å². The van der Waals surface area contributed by atoms with Gasteiger partial charge in [0.05, 0.1) is 0 Å². The maximum absolute atomic E-state index is 2.58. The van der Waals surface area contributed by atoms with Crippen LogP contribution in [0.4, 0.5) is 5.69 Å². The van der Waals surface area contributed by atoms with Gasteiger partial charge in [0.15, 0.2) is 0 Å². The van der Waals surface area contributed by atoms with Crippen LogP contribution in [0.5, 0.6) is 0 Å². The minimum absolute atomic E-state index is 1.18. The summed E-state index contributed by atoms with van der Waals surface area (Å²) in [5.41, 5.74) is 2.47. The SMILES string of the molecule is Cc1ccc(N(P)P)cc1. The number of hydrogen-bond donors (Lipinski definition) is 0. The maximum Gasteiger partial charge on any atom is 0.0423 e. The second-order valence-electron chi connectivity index (χ2n) is 2.24. The van der Waals surface area contributed by atoms with Gasteiger partial charge in [-0.25, -0.2) is 0 Å². The summed E-state index contributed by atoms with van der Waals surface area (Å²) in [7, 11) is 5.17. The zero-order valence-corrected chi connectivity index (χ0v) is 8.22. The maximum atomic E-state index is 2.58. The largest absolute Gasteiger partial charge is 0.341 e. The van der Waals surface area contributed by atoms with Crippen LogP contribution in [-0.2, 0) is 0 Å². The lowest BCUT2D eigenvalue weighted by Crippen LogP contribution is -1.88. The average Bonchev–Trinajstić information content (AvgIpc) is 1.88. The minimum Gasteiger partial charge on any atom is -0.341 e. The monoisotopic (exact) mass is 171 g/mol. The Balaban J connectivity index is 2.89. The van der Waals surface area contributed by atoms with Crippen LogP contribution in [0, 0.1) is 6.92 Å². The molecule has 0 radical (unpaired) electrons.